The van der Waals surface area contributed by atoms with Gasteiger partial charge in [0.05, 0.1) is 22.2 Å². The molecule has 0 spiro atoms. The Bertz CT molecular complexity index is 1160. The first-order valence-corrected chi connectivity index (χ1v) is 10.7. The molecule has 10 nitrogen and oxygen atoms in total. The Kier molecular flexibility index (Phi) is 6.07. The van der Waals surface area contributed by atoms with Crippen LogP contribution in [-0.2, 0) is 14.4 Å². The van der Waals surface area contributed by atoms with Gasteiger partial charge in [0, 0.05) is 30.5 Å². The molecule has 1 saturated heterocycles. The van der Waals surface area contributed by atoms with Crippen molar-refractivity contribution in [1.29, 1.82) is 0 Å². The molecule has 1 fully saturated rings. The molecule has 32 heavy (non-hydrogen) atoms. The van der Waals surface area contributed by atoms with Crippen LogP contribution in [0.15, 0.2) is 23.0 Å². The molecule has 0 saturated carbocycles. The maximum Gasteiger partial charge on any atom is 0.258 e. The lowest BCUT2D eigenvalue weighted by Gasteiger charge is -2.32. The van der Waals surface area contributed by atoms with Gasteiger partial charge < -0.3 is 21.3 Å². The number of halogens is 2. The molecule has 1 aromatic carbocycles. The largest absolute Gasteiger partial charge is 0.369 e. The molecule has 1 aromatic heterocycles. The average Bonchev–Trinajstić information content (AvgIpc) is 2.75. The smallest absolute Gasteiger partial charge is 0.258 e. The standard InChI is InChI=1S/C20H20Cl2N6O4/c21-10-1-2-12(22)13(7-10)24-18(31)11-8-14(29)25-17-15(11)19(32)27-20(26-17)28-5-3-9(4-6-28)16(23)30/h1-2,7,9,11H,3-6,8H2,(H2,23,30)(H,24,31)(H2,25,26,27,29,32). The van der Waals surface area contributed by atoms with E-state index in [1.165, 1.54) is 12.1 Å². The van der Waals surface area contributed by atoms with Crippen LogP contribution in [-0.4, -0.2) is 40.8 Å². The molecule has 4 rings (SSSR count). The number of fused-ring (bicyclic) bond motifs is 1. The fourth-order valence-corrected chi connectivity index (χ4v) is 4.26. The second-order valence-electron chi connectivity index (χ2n) is 7.73. The van der Waals surface area contributed by atoms with Crippen LogP contribution in [0.1, 0.15) is 30.7 Å². The summed E-state index contributed by atoms with van der Waals surface area (Å²) < 4.78 is 0. The molecule has 5 N–H and O–H groups in total. The fourth-order valence-electron chi connectivity index (χ4n) is 3.92. The summed E-state index contributed by atoms with van der Waals surface area (Å²) in [6.45, 7) is 0.945. The molecule has 12 heteroatoms. The van der Waals surface area contributed by atoms with Crippen molar-refractivity contribution in [3.05, 3.63) is 44.2 Å². The maximum absolute atomic E-state index is 13.0. The van der Waals surface area contributed by atoms with Gasteiger partial charge in [-0.25, -0.2) is 0 Å². The number of anilines is 3. The minimum absolute atomic E-state index is 0.0364. The predicted octanol–water partition coefficient (Wildman–Crippen LogP) is 1.84. The maximum atomic E-state index is 13.0. The molecular weight excluding hydrogens is 459 g/mol. The highest BCUT2D eigenvalue weighted by Crippen LogP contribution is 2.32. The second-order valence-corrected chi connectivity index (χ2v) is 8.58. The number of carbonyl (C=O) groups is 3. The highest BCUT2D eigenvalue weighted by molar-refractivity contribution is 6.35. The van der Waals surface area contributed by atoms with Crippen molar-refractivity contribution in [1.82, 2.24) is 9.97 Å². The molecule has 1 unspecified atom stereocenters. The summed E-state index contributed by atoms with van der Waals surface area (Å²) in [6.07, 6.45) is 0.854. The molecule has 1 atom stereocenters. The van der Waals surface area contributed by atoms with Gasteiger partial charge in [-0.1, -0.05) is 23.2 Å². The zero-order valence-corrected chi connectivity index (χ0v) is 18.3. The summed E-state index contributed by atoms with van der Waals surface area (Å²) >= 11 is 12.1. The van der Waals surface area contributed by atoms with Gasteiger partial charge in [-0.2, -0.15) is 4.98 Å². The number of rotatable bonds is 4. The number of hydrogen-bond acceptors (Lipinski definition) is 6. The van der Waals surface area contributed by atoms with Crippen molar-refractivity contribution in [3.8, 4) is 0 Å². The van der Waals surface area contributed by atoms with Crippen LogP contribution in [0, 0.1) is 5.92 Å². The van der Waals surface area contributed by atoms with Crippen molar-refractivity contribution in [2.24, 2.45) is 11.7 Å². The van der Waals surface area contributed by atoms with E-state index in [4.69, 9.17) is 28.9 Å². The third kappa shape index (κ3) is 4.42. The van der Waals surface area contributed by atoms with E-state index < -0.39 is 23.3 Å². The Labute approximate surface area is 192 Å². The summed E-state index contributed by atoms with van der Waals surface area (Å²) in [6, 6.07) is 4.58. The number of aromatic nitrogens is 2. The molecular formula is C20H20Cl2N6O4. The molecule has 2 aliphatic heterocycles. The second kappa shape index (κ2) is 8.79. The van der Waals surface area contributed by atoms with Gasteiger partial charge in [-0.05, 0) is 31.0 Å². The third-order valence-corrected chi connectivity index (χ3v) is 6.20. The number of aromatic amines is 1. The Balaban J connectivity index is 1.61. The van der Waals surface area contributed by atoms with Crippen LogP contribution in [0.2, 0.25) is 10.0 Å². The van der Waals surface area contributed by atoms with E-state index in [0.29, 0.717) is 31.0 Å². The van der Waals surface area contributed by atoms with Crippen LogP contribution in [0.5, 0.6) is 0 Å². The number of nitrogens with zero attached hydrogens (tertiary/aromatic N) is 2. The predicted molar refractivity (Wildman–Crippen MR) is 120 cm³/mol. The molecule has 0 bridgehead atoms. The molecule has 3 amide bonds. The van der Waals surface area contributed by atoms with E-state index in [2.05, 4.69) is 20.6 Å². The van der Waals surface area contributed by atoms with E-state index in [9.17, 15) is 19.2 Å². The molecule has 168 valence electrons. The van der Waals surface area contributed by atoms with E-state index in [0.717, 1.165) is 0 Å². The number of nitrogens with two attached hydrogens (primary N) is 1. The summed E-state index contributed by atoms with van der Waals surface area (Å²) in [7, 11) is 0. The van der Waals surface area contributed by atoms with Gasteiger partial charge in [0.2, 0.25) is 23.7 Å². The van der Waals surface area contributed by atoms with Crippen molar-refractivity contribution in [2.45, 2.75) is 25.2 Å². The highest BCUT2D eigenvalue weighted by atomic mass is 35.5. The van der Waals surface area contributed by atoms with Crippen LogP contribution < -0.4 is 26.8 Å². The SMILES string of the molecule is NC(=O)C1CCN(c2nc3c(c(=O)[nH]2)C(C(=O)Nc2cc(Cl)ccc2Cl)CC(=O)N3)CC1. The lowest BCUT2D eigenvalue weighted by atomic mass is 9.92. The normalized spacial score (nSPS) is 18.6. The number of hydrogen-bond donors (Lipinski definition) is 4. The van der Waals surface area contributed by atoms with Crippen LogP contribution in [0.25, 0.3) is 0 Å². The summed E-state index contributed by atoms with van der Waals surface area (Å²) in [4.78, 5) is 58.4. The minimum Gasteiger partial charge on any atom is -0.369 e. The van der Waals surface area contributed by atoms with Crippen molar-refractivity contribution in [3.63, 3.8) is 0 Å². The number of piperidine rings is 1. The minimum atomic E-state index is -1.06. The Morgan fingerprint density at radius 1 is 1.19 bits per heavy atom. The van der Waals surface area contributed by atoms with Gasteiger partial charge in [0.1, 0.15) is 5.82 Å². The molecule has 0 radical (unpaired) electrons. The van der Waals surface area contributed by atoms with E-state index in [1.807, 2.05) is 4.90 Å². The Morgan fingerprint density at radius 2 is 1.91 bits per heavy atom. The number of H-pyrrole nitrogens is 1. The zero-order valence-electron chi connectivity index (χ0n) is 16.8. The third-order valence-electron chi connectivity index (χ3n) is 5.64. The number of nitrogens with one attached hydrogen (secondary N) is 3. The average molecular weight is 479 g/mol. The topological polar surface area (TPSA) is 150 Å². The number of primary amides is 1. The zero-order chi connectivity index (χ0) is 23.0. The van der Waals surface area contributed by atoms with E-state index in [-0.39, 0.29) is 46.3 Å². The molecule has 0 aliphatic carbocycles. The number of amides is 3. The van der Waals surface area contributed by atoms with Gasteiger partial charge in [-0.3, -0.25) is 24.2 Å². The summed E-state index contributed by atoms with van der Waals surface area (Å²) in [5.74, 6) is -2.34. The van der Waals surface area contributed by atoms with Crippen molar-refractivity contribution in [2.75, 3.05) is 28.6 Å². The van der Waals surface area contributed by atoms with Crippen LogP contribution in [0.3, 0.4) is 0 Å². The van der Waals surface area contributed by atoms with Crippen LogP contribution in [0.4, 0.5) is 17.5 Å². The molecule has 2 aliphatic rings. The lowest BCUT2D eigenvalue weighted by Crippen LogP contribution is -2.41. The Morgan fingerprint density at radius 3 is 2.59 bits per heavy atom. The first kappa shape index (κ1) is 22.1. The van der Waals surface area contributed by atoms with Gasteiger partial charge in [0.25, 0.3) is 5.56 Å². The van der Waals surface area contributed by atoms with Crippen molar-refractivity contribution >= 4 is 58.4 Å². The Hall–Kier alpha value is -3.11. The van der Waals surface area contributed by atoms with Crippen molar-refractivity contribution < 1.29 is 14.4 Å². The van der Waals surface area contributed by atoms with Gasteiger partial charge in [-0.15, -0.1) is 0 Å². The van der Waals surface area contributed by atoms with Gasteiger partial charge >= 0.3 is 0 Å². The summed E-state index contributed by atoms with van der Waals surface area (Å²) in [5, 5.41) is 5.85. The van der Waals surface area contributed by atoms with Crippen LogP contribution >= 0.6 is 23.2 Å². The quantitative estimate of drug-likeness (QED) is 0.526. The van der Waals surface area contributed by atoms with E-state index >= 15 is 0 Å². The first-order chi connectivity index (χ1) is 15.2. The van der Waals surface area contributed by atoms with Gasteiger partial charge in [0.15, 0.2) is 0 Å². The molecule has 2 aromatic rings. The number of benzene rings is 1. The lowest BCUT2D eigenvalue weighted by molar-refractivity contribution is -0.123. The fraction of sp³-hybridized carbons (Fsp3) is 0.350. The summed E-state index contributed by atoms with van der Waals surface area (Å²) in [5.41, 5.74) is 5.18. The number of carbonyl (C=O) groups excluding carboxylic acids is 3. The monoisotopic (exact) mass is 478 g/mol. The van der Waals surface area contributed by atoms with E-state index in [1.54, 1.807) is 6.07 Å². The highest BCUT2D eigenvalue weighted by Gasteiger charge is 2.36. The molecule has 3 heterocycles. The first-order valence-electron chi connectivity index (χ1n) is 9.97.